The summed E-state index contributed by atoms with van der Waals surface area (Å²) in [5.41, 5.74) is 15.6. The highest BCUT2D eigenvalue weighted by Crippen LogP contribution is 2.47. The summed E-state index contributed by atoms with van der Waals surface area (Å²) in [5, 5.41) is 91.6. The second-order valence-electron chi connectivity index (χ2n) is 25.2. The second kappa shape index (κ2) is 29.7. The average Bonchev–Trinajstić information content (AvgIpc) is 1.62. The number of aliphatic hydroxyl groups excluding tert-OH is 6. The van der Waals surface area contributed by atoms with Crippen LogP contribution in [-0.4, -0.2) is 238 Å². The topological polar surface area (TPSA) is 399 Å². The molecule has 9 rings (SSSR count). The van der Waals surface area contributed by atoms with Gasteiger partial charge in [-0.1, -0.05) is 25.8 Å². The highest BCUT2D eigenvalue weighted by molar-refractivity contribution is 6.00. The summed E-state index contributed by atoms with van der Waals surface area (Å²) >= 11 is 0. The molecule has 5 heterocycles. The number of hydrogen-bond donors (Lipinski definition) is 14. The number of nitrogens with one attached hydrogen (secondary N) is 5. The Hall–Kier alpha value is -7.37. The van der Waals surface area contributed by atoms with E-state index in [0.29, 0.717) is 18.5 Å². The molecule has 1 aliphatic carbocycles. The van der Waals surface area contributed by atoms with Crippen LogP contribution in [0.15, 0.2) is 66.7 Å². The van der Waals surface area contributed by atoms with Gasteiger partial charge < -0.3 is 103 Å². The molecule has 0 radical (unpaired) electrons. The maximum absolute atomic E-state index is 14.7. The molecule has 5 aliphatic heterocycles. The first-order chi connectivity index (χ1) is 43.1. The van der Waals surface area contributed by atoms with Crippen molar-refractivity contribution in [1.82, 2.24) is 36.4 Å². The Morgan fingerprint density at radius 2 is 1.24 bits per heavy atom. The van der Waals surface area contributed by atoms with Crippen molar-refractivity contribution in [3.8, 4) is 11.5 Å². The average molecular weight is 1260 g/mol. The molecule has 3 aromatic rings. The van der Waals surface area contributed by atoms with Gasteiger partial charge in [0.25, 0.3) is 5.91 Å². The van der Waals surface area contributed by atoms with Crippen molar-refractivity contribution in [2.24, 2.45) is 22.8 Å². The number of piperidine rings is 1. The fraction of sp³-hybridized carbons (Fsp3) is 0.603. The van der Waals surface area contributed by atoms with E-state index in [0.717, 1.165) is 47.4 Å². The fourth-order valence-electron chi connectivity index (χ4n) is 13.6. The van der Waals surface area contributed by atoms with Gasteiger partial charge in [-0.2, -0.15) is 0 Å². The van der Waals surface area contributed by atoms with Gasteiger partial charge in [-0.3, -0.25) is 33.6 Å². The summed E-state index contributed by atoms with van der Waals surface area (Å²) in [4.78, 5) is 110. The Morgan fingerprint density at radius 3 is 1.84 bits per heavy atom. The number of phenolic OH excluding ortho intramolecular Hbond substituents is 1. The molecule has 27 heteroatoms. The van der Waals surface area contributed by atoms with Crippen LogP contribution in [0.3, 0.4) is 0 Å². The summed E-state index contributed by atoms with van der Waals surface area (Å²) in [5.74, 6) is -8.44. The first kappa shape index (κ1) is 67.0. The molecule has 492 valence electrons. The molecule has 5 saturated heterocycles. The van der Waals surface area contributed by atoms with Crippen molar-refractivity contribution in [2.45, 2.75) is 151 Å². The van der Waals surface area contributed by atoms with Crippen LogP contribution in [0.5, 0.6) is 11.5 Å². The van der Waals surface area contributed by atoms with Gasteiger partial charge in [-0.25, -0.2) is 0 Å². The lowest BCUT2D eigenvalue weighted by Gasteiger charge is -2.41. The van der Waals surface area contributed by atoms with E-state index >= 15 is 0 Å². The number of amides is 7. The quantitative estimate of drug-likeness (QED) is 0.0749. The van der Waals surface area contributed by atoms with Crippen molar-refractivity contribution >= 4 is 58.4 Å². The molecule has 0 aromatic heterocycles. The highest BCUT2D eigenvalue weighted by Gasteiger charge is 2.50. The maximum atomic E-state index is 14.7. The van der Waals surface area contributed by atoms with Crippen LogP contribution in [0.25, 0.3) is 0 Å². The van der Waals surface area contributed by atoms with Gasteiger partial charge in [0.2, 0.25) is 35.4 Å². The first-order valence-electron chi connectivity index (χ1n) is 31.6. The zero-order chi connectivity index (χ0) is 64.6. The van der Waals surface area contributed by atoms with Gasteiger partial charge in [0.1, 0.15) is 42.9 Å². The number of ether oxygens (including phenoxy) is 1. The van der Waals surface area contributed by atoms with E-state index in [-0.39, 0.29) is 55.3 Å². The zero-order valence-electron chi connectivity index (χ0n) is 51.2. The molecule has 16 N–H and O–H groups in total. The first-order valence-corrected chi connectivity index (χ1v) is 31.6. The number of β-amino-alcohol motifs (C(OH)–C–C–N with tert-alkyl or cyclic N) is 1. The van der Waals surface area contributed by atoms with Crippen LogP contribution in [0.1, 0.15) is 87.6 Å². The molecule has 6 aliphatic rings. The summed E-state index contributed by atoms with van der Waals surface area (Å²) in [7, 11) is 0. The minimum absolute atomic E-state index is 0.00201. The molecule has 3 aromatic carbocycles. The van der Waals surface area contributed by atoms with Crippen LogP contribution < -0.4 is 57.5 Å². The number of nitrogens with zero attached hydrogens (tertiary/aromatic N) is 5. The van der Waals surface area contributed by atoms with Crippen molar-refractivity contribution in [3.63, 3.8) is 0 Å². The minimum Gasteiger partial charge on any atom is -0.504 e. The maximum Gasteiger partial charge on any atom is 0.251 e. The molecule has 0 unspecified atom stereocenters. The largest absolute Gasteiger partial charge is 0.504 e. The number of carbonyl (C=O) groups is 7. The van der Waals surface area contributed by atoms with E-state index in [2.05, 4.69) is 65.5 Å². The molecule has 0 bridgehead atoms. The monoisotopic (exact) mass is 1250 g/mol. The lowest BCUT2D eigenvalue weighted by Crippen LogP contribution is -2.64. The van der Waals surface area contributed by atoms with Crippen LogP contribution in [-0.2, 0) is 35.2 Å². The smallest absolute Gasteiger partial charge is 0.251 e. The predicted molar refractivity (Wildman–Crippen MR) is 331 cm³/mol. The van der Waals surface area contributed by atoms with Crippen LogP contribution in [0, 0.1) is 11.3 Å². The summed E-state index contributed by atoms with van der Waals surface area (Å²) in [6.07, 6.45) is -3.73. The molecule has 1 saturated carbocycles. The van der Waals surface area contributed by atoms with Gasteiger partial charge >= 0.3 is 0 Å². The molecule has 6 fully saturated rings. The van der Waals surface area contributed by atoms with Crippen molar-refractivity contribution < 1.29 is 74.0 Å². The third kappa shape index (κ3) is 15.7. The van der Waals surface area contributed by atoms with Gasteiger partial charge in [0.05, 0.1) is 36.6 Å². The lowest BCUT2D eigenvalue weighted by atomic mass is 9.77. The summed E-state index contributed by atoms with van der Waals surface area (Å²) < 4.78 is 5.52. The van der Waals surface area contributed by atoms with E-state index in [9.17, 15) is 69.3 Å². The third-order valence-corrected chi connectivity index (χ3v) is 18.9. The Labute approximate surface area is 523 Å². The van der Waals surface area contributed by atoms with Crippen molar-refractivity contribution in [1.29, 1.82) is 0 Å². The highest BCUT2D eigenvalue weighted by atomic mass is 16.5. The molecule has 7 amide bonds. The standard InChI is InChI=1S/C63H90N12O15/c1-36-34-75-54(55(36)82)60(87)66-33-43(77)31-45(67-56(83)39-6-8-40(9-7-39)72-24-26-73(27-25-72)42-12-10-41(11-13-42)71-22-18-63(19-23-71)16-3-4-17-63)57(84)68-51(37(2)76)61(88)74-35-44(78)32-46(74)58(85)69-52(59(86)70-53(62(75)89)48(80)15-20-64)49(81)29-38-5-14-47(79)50(30-38)90-28-21-65/h5-14,30,36-37,43-46,48-49,51-55,76-82H,3-4,15-29,31-35,64-65H2,1-2H3,(H,66,87)(H,67,83)(H,68,84)(H,69,85)(H,70,86)/t36-,37+,43+,44+,45-,46-,48+,49+,51-,52-,53-,54-,55-/m0/s1. The minimum atomic E-state index is -2.03. The van der Waals surface area contributed by atoms with Gasteiger partial charge in [-0.15, -0.1) is 0 Å². The number of rotatable bonds is 15. The lowest BCUT2D eigenvalue weighted by molar-refractivity contribution is -0.147. The Kier molecular flexibility index (Phi) is 22.1. The molecular weight excluding hydrogens is 1160 g/mol. The van der Waals surface area contributed by atoms with Gasteiger partial charge in [-0.05, 0) is 117 Å². The van der Waals surface area contributed by atoms with Crippen molar-refractivity contribution in [2.75, 3.05) is 93.3 Å². The SMILES string of the molecule is C[C@@H](O)[C@@H]1NC(=O)[C@@H](NC(=O)c2ccc(N3CCN(c4ccc(N5CCC6(CCCC6)CC5)cc4)CC3)cc2)C[C@@H](O)CNC(=O)[C@@H]2[C@@H](O)[C@@H](C)CN2C(=O)[C@H]([C@H](O)CCN)NC(=O)[C@H]([C@H](O)Cc2ccc(O)c(OCCN)c2)NC(=O)[C@@H]2C[C@@H](O)CN2C1=O. The zero-order valence-corrected chi connectivity index (χ0v) is 51.2. The number of aromatic hydroxyl groups is 1. The molecular formula is C63H90N12O15. The van der Waals surface area contributed by atoms with E-state index in [1.165, 1.54) is 69.3 Å². The van der Waals surface area contributed by atoms with E-state index in [1.807, 2.05) is 0 Å². The molecule has 13 atom stereocenters. The summed E-state index contributed by atoms with van der Waals surface area (Å²) in [6.45, 7) is 6.27. The Morgan fingerprint density at radius 1 is 0.667 bits per heavy atom. The second-order valence-corrected chi connectivity index (χ2v) is 25.2. The number of piperazine rings is 1. The van der Waals surface area contributed by atoms with E-state index in [4.69, 9.17) is 16.2 Å². The number of anilines is 3. The van der Waals surface area contributed by atoms with Gasteiger partial charge in [0.15, 0.2) is 11.5 Å². The number of hydrogen-bond acceptors (Lipinski definition) is 20. The molecule has 27 nitrogen and oxygen atoms in total. The summed E-state index contributed by atoms with van der Waals surface area (Å²) in [6, 6.07) is 8.74. The Balaban J connectivity index is 0.937. The van der Waals surface area contributed by atoms with E-state index in [1.54, 1.807) is 31.2 Å². The number of aliphatic hydroxyl groups is 6. The number of phenols is 1. The van der Waals surface area contributed by atoms with E-state index < -0.39 is 152 Å². The van der Waals surface area contributed by atoms with Crippen LogP contribution in [0.4, 0.5) is 17.1 Å². The van der Waals surface area contributed by atoms with Crippen LogP contribution >= 0.6 is 0 Å². The number of carbonyl (C=O) groups excluding carboxylic acids is 7. The number of nitrogens with two attached hydrogens (primary N) is 2. The number of fused-ring (bicyclic) bond motifs is 2. The molecule has 1 spiro atoms. The van der Waals surface area contributed by atoms with Crippen molar-refractivity contribution in [3.05, 3.63) is 77.9 Å². The van der Waals surface area contributed by atoms with Crippen LogP contribution in [0.2, 0.25) is 0 Å². The number of benzene rings is 3. The Bertz CT molecular complexity index is 2990. The third-order valence-electron chi connectivity index (χ3n) is 18.9. The molecule has 90 heavy (non-hydrogen) atoms. The normalized spacial score (nSPS) is 28.4. The predicted octanol–water partition coefficient (Wildman–Crippen LogP) is -2.49. The fourth-order valence-corrected chi connectivity index (χ4v) is 13.6. The van der Waals surface area contributed by atoms with Gasteiger partial charge in [0, 0.05) is 113 Å².